The van der Waals surface area contributed by atoms with Gasteiger partial charge < -0.3 is 10.4 Å². The molecule has 0 radical (unpaired) electrons. The minimum Gasteiger partial charge on any atom is -0.480 e. The van der Waals surface area contributed by atoms with Crippen LogP contribution in [0.1, 0.15) is 25.8 Å². The van der Waals surface area contributed by atoms with Crippen LogP contribution in [0, 0.1) is 5.82 Å². The maximum Gasteiger partial charge on any atom is 0.329 e. The number of carboxylic acids is 1. The number of halogens is 2. The number of hydrogen-bond acceptors (Lipinski definition) is 2. The van der Waals surface area contributed by atoms with E-state index in [-0.39, 0.29) is 23.4 Å². The number of hydrogen-bond donors (Lipinski definition) is 2. The Kier molecular flexibility index (Phi) is 4.89. The van der Waals surface area contributed by atoms with E-state index in [9.17, 15) is 14.0 Å². The van der Waals surface area contributed by atoms with Gasteiger partial charge in [-0.05, 0) is 25.5 Å². The van der Waals surface area contributed by atoms with Crippen molar-refractivity contribution in [1.82, 2.24) is 5.32 Å². The van der Waals surface area contributed by atoms with E-state index < -0.39 is 23.2 Å². The van der Waals surface area contributed by atoms with Gasteiger partial charge in [-0.2, -0.15) is 0 Å². The van der Waals surface area contributed by atoms with Gasteiger partial charge in [0.15, 0.2) is 0 Å². The summed E-state index contributed by atoms with van der Waals surface area (Å²) in [5.74, 6) is -2.31. The molecule has 104 valence electrons. The quantitative estimate of drug-likeness (QED) is 0.874. The van der Waals surface area contributed by atoms with E-state index >= 15 is 0 Å². The Labute approximate surface area is 115 Å². The van der Waals surface area contributed by atoms with Crippen LogP contribution in [0.3, 0.4) is 0 Å². The lowest BCUT2D eigenvalue weighted by molar-refractivity contribution is -0.146. The Balaban J connectivity index is 2.84. The molecule has 0 spiro atoms. The minimum absolute atomic E-state index is 0.0607. The second kappa shape index (κ2) is 6.02. The predicted octanol–water partition coefficient (Wildman–Crippen LogP) is 2.39. The van der Waals surface area contributed by atoms with Crippen molar-refractivity contribution in [3.8, 4) is 0 Å². The second-order valence-electron chi connectivity index (χ2n) is 4.42. The van der Waals surface area contributed by atoms with Gasteiger partial charge >= 0.3 is 5.97 Å². The van der Waals surface area contributed by atoms with Crippen LogP contribution in [0.25, 0.3) is 0 Å². The van der Waals surface area contributed by atoms with Crippen molar-refractivity contribution in [3.05, 3.63) is 34.6 Å². The summed E-state index contributed by atoms with van der Waals surface area (Å²) in [6.45, 7) is 3.04. The number of rotatable bonds is 5. The smallest absolute Gasteiger partial charge is 0.329 e. The standard InChI is InChI=1S/C13H15ClFNO3/c1-3-13(2,12(18)19)16-11(17)7-8-9(14)5-4-6-10(8)15/h4-6H,3,7H2,1-2H3,(H,16,17)(H,18,19)/t13-/m0/s1. The molecule has 0 aliphatic rings. The van der Waals surface area contributed by atoms with Crippen LogP contribution in [0.4, 0.5) is 4.39 Å². The molecule has 2 N–H and O–H groups in total. The van der Waals surface area contributed by atoms with Crippen LogP contribution in [-0.4, -0.2) is 22.5 Å². The molecule has 0 aliphatic carbocycles. The monoisotopic (exact) mass is 287 g/mol. The topological polar surface area (TPSA) is 66.4 Å². The highest BCUT2D eigenvalue weighted by Gasteiger charge is 2.32. The maximum atomic E-state index is 13.5. The van der Waals surface area contributed by atoms with Crippen molar-refractivity contribution < 1.29 is 19.1 Å². The summed E-state index contributed by atoms with van der Waals surface area (Å²) in [7, 11) is 0. The van der Waals surface area contributed by atoms with Crippen LogP contribution in [0.5, 0.6) is 0 Å². The first-order valence-electron chi connectivity index (χ1n) is 5.77. The molecule has 0 bridgehead atoms. The lowest BCUT2D eigenvalue weighted by atomic mass is 9.98. The summed E-state index contributed by atoms with van der Waals surface area (Å²) in [5.41, 5.74) is -1.31. The molecule has 0 saturated heterocycles. The lowest BCUT2D eigenvalue weighted by Crippen LogP contribution is -2.52. The first-order valence-corrected chi connectivity index (χ1v) is 6.15. The van der Waals surface area contributed by atoms with Gasteiger partial charge in [-0.15, -0.1) is 0 Å². The predicted molar refractivity (Wildman–Crippen MR) is 69.6 cm³/mol. The molecule has 1 aromatic carbocycles. The minimum atomic E-state index is -1.37. The van der Waals surface area contributed by atoms with E-state index in [0.29, 0.717) is 0 Å². The zero-order chi connectivity index (χ0) is 14.6. The Morgan fingerprint density at radius 1 is 1.47 bits per heavy atom. The van der Waals surface area contributed by atoms with Crippen molar-refractivity contribution in [1.29, 1.82) is 0 Å². The van der Waals surface area contributed by atoms with Crippen LogP contribution in [-0.2, 0) is 16.0 Å². The van der Waals surface area contributed by atoms with Gasteiger partial charge in [0, 0.05) is 10.6 Å². The summed E-state index contributed by atoms with van der Waals surface area (Å²) in [4.78, 5) is 22.9. The maximum absolute atomic E-state index is 13.5. The molecule has 1 atom stereocenters. The summed E-state index contributed by atoms with van der Waals surface area (Å²) >= 11 is 5.80. The van der Waals surface area contributed by atoms with E-state index in [4.69, 9.17) is 16.7 Å². The zero-order valence-corrected chi connectivity index (χ0v) is 11.4. The van der Waals surface area contributed by atoms with Gasteiger partial charge in [-0.3, -0.25) is 4.79 Å². The van der Waals surface area contributed by atoms with Crippen molar-refractivity contribution in [2.45, 2.75) is 32.2 Å². The molecule has 1 rings (SSSR count). The molecule has 1 amide bonds. The normalized spacial score (nSPS) is 13.7. The number of benzene rings is 1. The third-order valence-corrected chi connectivity index (χ3v) is 3.35. The number of aliphatic carboxylic acids is 1. The average Bonchev–Trinajstić information content (AvgIpc) is 2.33. The van der Waals surface area contributed by atoms with E-state index in [1.165, 1.54) is 25.1 Å². The van der Waals surface area contributed by atoms with E-state index in [0.717, 1.165) is 0 Å². The number of nitrogens with one attached hydrogen (secondary N) is 1. The number of carbonyl (C=O) groups excluding carboxylic acids is 1. The van der Waals surface area contributed by atoms with Gasteiger partial charge in [0.2, 0.25) is 5.91 Å². The van der Waals surface area contributed by atoms with Crippen LogP contribution >= 0.6 is 11.6 Å². The fourth-order valence-electron chi connectivity index (χ4n) is 1.51. The third kappa shape index (κ3) is 3.67. The molecular formula is C13H15ClFNO3. The molecule has 19 heavy (non-hydrogen) atoms. The molecular weight excluding hydrogens is 273 g/mol. The summed E-state index contributed by atoms with van der Waals surface area (Å²) < 4.78 is 13.5. The second-order valence-corrected chi connectivity index (χ2v) is 4.82. The fourth-order valence-corrected chi connectivity index (χ4v) is 1.74. The van der Waals surface area contributed by atoms with Crippen LogP contribution in [0.2, 0.25) is 5.02 Å². The average molecular weight is 288 g/mol. The molecule has 6 heteroatoms. The van der Waals surface area contributed by atoms with Gasteiger partial charge in [-0.1, -0.05) is 24.6 Å². The Morgan fingerprint density at radius 3 is 2.58 bits per heavy atom. The first kappa shape index (κ1) is 15.4. The molecule has 0 heterocycles. The molecule has 4 nitrogen and oxygen atoms in total. The van der Waals surface area contributed by atoms with Gasteiger partial charge in [0.1, 0.15) is 11.4 Å². The highest BCUT2D eigenvalue weighted by atomic mass is 35.5. The first-order chi connectivity index (χ1) is 8.80. The van der Waals surface area contributed by atoms with Crippen molar-refractivity contribution >= 4 is 23.5 Å². The number of carboxylic acid groups (broad SMARTS) is 1. The highest BCUT2D eigenvalue weighted by molar-refractivity contribution is 6.31. The van der Waals surface area contributed by atoms with Gasteiger partial charge in [0.05, 0.1) is 6.42 Å². The van der Waals surface area contributed by atoms with Gasteiger partial charge in [0.25, 0.3) is 0 Å². The SMILES string of the molecule is CC[C@](C)(NC(=O)Cc1c(F)cccc1Cl)C(=O)O. The Morgan fingerprint density at radius 2 is 2.11 bits per heavy atom. The molecule has 0 saturated carbocycles. The van der Waals surface area contributed by atoms with E-state index in [2.05, 4.69) is 5.32 Å². The van der Waals surface area contributed by atoms with Crippen LogP contribution < -0.4 is 5.32 Å². The van der Waals surface area contributed by atoms with Crippen molar-refractivity contribution in [3.63, 3.8) is 0 Å². The van der Waals surface area contributed by atoms with Crippen molar-refractivity contribution in [2.24, 2.45) is 0 Å². The molecule has 0 aromatic heterocycles. The highest BCUT2D eigenvalue weighted by Crippen LogP contribution is 2.20. The number of amides is 1. The third-order valence-electron chi connectivity index (χ3n) is 2.99. The molecule has 0 fully saturated rings. The van der Waals surface area contributed by atoms with Gasteiger partial charge in [-0.25, -0.2) is 9.18 Å². The van der Waals surface area contributed by atoms with E-state index in [1.54, 1.807) is 6.92 Å². The largest absolute Gasteiger partial charge is 0.480 e. The van der Waals surface area contributed by atoms with E-state index in [1.807, 2.05) is 0 Å². The molecule has 1 aromatic rings. The van der Waals surface area contributed by atoms with Crippen molar-refractivity contribution in [2.75, 3.05) is 0 Å². The summed E-state index contributed by atoms with van der Waals surface area (Å²) in [6, 6.07) is 4.11. The zero-order valence-electron chi connectivity index (χ0n) is 10.7. The Bertz CT molecular complexity index is 486. The summed E-state index contributed by atoms with van der Waals surface area (Å²) in [5, 5.41) is 11.6. The Hall–Kier alpha value is -1.62. The number of carbonyl (C=O) groups is 2. The lowest BCUT2D eigenvalue weighted by Gasteiger charge is -2.24. The molecule has 0 aliphatic heterocycles. The van der Waals surface area contributed by atoms with Crippen LogP contribution in [0.15, 0.2) is 18.2 Å². The summed E-state index contributed by atoms with van der Waals surface area (Å²) in [6.07, 6.45) is -0.0759. The fraction of sp³-hybridized carbons (Fsp3) is 0.385. The molecule has 0 unspecified atom stereocenters.